The average molecular weight is 286 g/mol. The molecule has 110 valence electrons. The number of benzene rings is 1. The normalized spacial score (nSPS) is 10.2. The maximum Gasteiger partial charge on any atom is 0.309 e. The molecule has 0 aliphatic rings. The lowest BCUT2D eigenvalue weighted by atomic mass is 10.2. The number of hydrogen-bond donors (Lipinski definition) is 2. The molecule has 0 aliphatic carbocycles. The topological polar surface area (TPSA) is 71.3 Å². The number of hydrogen-bond acceptors (Lipinski definition) is 3. The van der Waals surface area contributed by atoms with Crippen LogP contribution in [0.15, 0.2) is 40.8 Å². The molecule has 0 unspecified atom stereocenters. The van der Waals surface area contributed by atoms with Crippen molar-refractivity contribution < 1.29 is 14.0 Å². The lowest BCUT2D eigenvalue weighted by molar-refractivity contribution is -0.139. The maximum absolute atomic E-state index is 11.7. The van der Waals surface area contributed by atoms with Crippen molar-refractivity contribution in [1.82, 2.24) is 10.6 Å². The Labute approximate surface area is 123 Å². The summed E-state index contributed by atoms with van der Waals surface area (Å²) in [6.07, 6.45) is 0. The first-order valence-electron chi connectivity index (χ1n) is 6.72. The van der Waals surface area contributed by atoms with Crippen LogP contribution in [-0.2, 0) is 22.7 Å². The van der Waals surface area contributed by atoms with Gasteiger partial charge in [-0.2, -0.15) is 0 Å². The van der Waals surface area contributed by atoms with Crippen LogP contribution >= 0.6 is 0 Å². The maximum atomic E-state index is 11.7. The monoisotopic (exact) mass is 286 g/mol. The van der Waals surface area contributed by atoms with E-state index in [2.05, 4.69) is 10.6 Å². The zero-order chi connectivity index (χ0) is 15.2. The van der Waals surface area contributed by atoms with Gasteiger partial charge in [0.05, 0.1) is 0 Å². The van der Waals surface area contributed by atoms with Crippen LogP contribution in [0.5, 0.6) is 0 Å². The Kier molecular flexibility index (Phi) is 4.77. The quantitative estimate of drug-likeness (QED) is 0.842. The zero-order valence-electron chi connectivity index (χ0n) is 12.1. The molecule has 2 amide bonds. The molecule has 0 saturated carbocycles. The first-order valence-corrected chi connectivity index (χ1v) is 6.72. The number of aryl methyl sites for hydroxylation is 2. The lowest BCUT2D eigenvalue weighted by Crippen LogP contribution is -2.39. The molecular weight excluding hydrogens is 268 g/mol. The second-order valence-corrected chi connectivity index (χ2v) is 4.79. The summed E-state index contributed by atoms with van der Waals surface area (Å²) in [4.78, 5) is 23.4. The van der Waals surface area contributed by atoms with Crippen LogP contribution < -0.4 is 10.6 Å². The molecule has 21 heavy (non-hydrogen) atoms. The van der Waals surface area contributed by atoms with Gasteiger partial charge in [0.15, 0.2) is 0 Å². The van der Waals surface area contributed by atoms with Crippen molar-refractivity contribution in [3.8, 4) is 0 Å². The molecule has 5 heteroatoms. The molecule has 1 heterocycles. The number of nitrogens with one attached hydrogen (secondary N) is 2. The Morgan fingerprint density at radius 2 is 1.62 bits per heavy atom. The van der Waals surface area contributed by atoms with Gasteiger partial charge in [-0.3, -0.25) is 9.59 Å². The van der Waals surface area contributed by atoms with Gasteiger partial charge in [0.25, 0.3) is 0 Å². The Morgan fingerprint density at radius 3 is 2.19 bits per heavy atom. The predicted molar refractivity (Wildman–Crippen MR) is 78.3 cm³/mol. The molecular formula is C16H18N2O3. The minimum Gasteiger partial charge on any atom is -0.466 e. The van der Waals surface area contributed by atoms with E-state index < -0.39 is 11.8 Å². The van der Waals surface area contributed by atoms with Crippen LogP contribution in [0.2, 0.25) is 0 Å². The molecule has 5 nitrogen and oxygen atoms in total. The molecule has 1 aromatic carbocycles. The van der Waals surface area contributed by atoms with Crippen molar-refractivity contribution in [3.63, 3.8) is 0 Å². The number of rotatable bonds is 4. The van der Waals surface area contributed by atoms with Crippen LogP contribution in [0.3, 0.4) is 0 Å². The molecule has 0 aliphatic heterocycles. The zero-order valence-corrected chi connectivity index (χ0v) is 12.1. The predicted octanol–water partition coefficient (Wildman–Crippen LogP) is 1.83. The van der Waals surface area contributed by atoms with Crippen molar-refractivity contribution in [2.75, 3.05) is 0 Å². The Hall–Kier alpha value is -2.56. The van der Waals surface area contributed by atoms with Gasteiger partial charge in [-0.1, -0.05) is 30.3 Å². The van der Waals surface area contributed by atoms with Crippen molar-refractivity contribution in [2.24, 2.45) is 0 Å². The summed E-state index contributed by atoms with van der Waals surface area (Å²) < 4.78 is 5.36. The first-order chi connectivity index (χ1) is 10.1. The molecule has 0 atom stereocenters. The van der Waals surface area contributed by atoms with Crippen molar-refractivity contribution in [1.29, 1.82) is 0 Å². The van der Waals surface area contributed by atoms with Crippen molar-refractivity contribution in [3.05, 3.63) is 59.0 Å². The van der Waals surface area contributed by atoms with E-state index in [9.17, 15) is 9.59 Å². The van der Waals surface area contributed by atoms with Gasteiger partial charge in [-0.25, -0.2) is 0 Å². The first kappa shape index (κ1) is 14.8. The minimum atomic E-state index is -0.649. The molecule has 0 radical (unpaired) electrons. The van der Waals surface area contributed by atoms with Crippen LogP contribution in [0, 0.1) is 13.8 Å². The van der Waals surface area contributed by atoms with Gasteiger partial charge >= 0.3 is 11.8 Å². The fourth-order valence-corrected chi connectivity index (χ4v) is 1.97. The summed E-state index contributed by atoms with van der Waals surface area (Å²) in [5, 5.41) is 5.16. The van der Waals surface area contributed by atoms with E-state index >= 15 is 0 Å². The van der Waals surface area contributed by atoms with Gasteiger partial charge in [0.1, 0.15) is 11.5 Å². The Balaban J connectivity index is 1.80. The van der Waals surface area contributed by atoms with E-state index in [-0.39, 0.29) is 6.54 Å². The van der Waals surface area contributed by atoms with Gasteiger partial charge in [0.2, 0.25) is 0 Å². The fourth-order valence-electron chi connectivity index (χ4n) is 1.97. The van der Waals surface area contributed by atoms with Crippen molar-refractivity contribution >= 4 is 11.8 Å². The van der Waals surface area contributed by atoms with E-state index in [1.165, 1.54) is 0 Å². The van der Waals surface area contributed by atoms with E-state index in [0.717, 1.165) is 22.6 Å². The fraction of sp³-hybridized carbons (Fsp3) is 0.250. The van der Waals surface area contributed by atoms with Crippen molar-refractivity contribution in [2.45, 2.75) is 26.9 Å². The van der Waals surface area contributed by atoms with Crippen LogP contribution in [0.1, 0.15) is 22.6 Å². The smallest absolute Gasteiger partial charge is 0.309 e. The molecule has 2 rings (SSSR count). The van der Waals surface area contributed by atoms with Gasteiger partial charge in [-0.05, 0) is 25.5 Å². The summed E-state index contributed by atoms with van der Waals surface area (Å²) in [5.41, 5.74) is 1.82. The number of carbonyl (C=O) groups excluding carboxylic acids is 2. The Morgan fingerprint density at radius 1 is 1.00 bits per heavy atom. The standard InChI is InChI=1S/C16H18N2O3/c1-11-8-14(12(2)21-11)10-18-16(20)15(19)17-9-13-6-4-3-5-7-13/h3-8H,9-10H2,1-2H3,(H,17,19)(H,18,20). The number of amides is 2. The van der Waals surface area contributed by atoms with Gasteiger partial charge in [-0.15, -0.1) is 0 Å². The molecule has 0 spiro atoms. The number of furan rings is 1. The van der Waals surface area contributed by atoms with Crippen LogP contribution in [0.25, 0.3) is 0 Å². The highest BCUT2D eigenvalue weighted by Crippen LogP contribution is 2.12. The molecule has 2 N–H and O–H groups in total. The summed E-state index contributed by atoms with van der Waals surface area (Å²) in [7, 11) is 0. The third-order valence-corrected chi connectivity index (χ3v) is 3.09. The molecule has 1 aromatic heterocycles. The number of carbonyl (C=O) groups is 2. The molecule has 0 fully saturated rings. The largest absolute Gasteiger partial charge is 0.466 e. The second kappa shape index (κ2) is 6.74. The highest BCUT2D eigenvalue weighted by Gasteiger charge is 2.14. The van der Waals surface area contributed by atoms with E-state index in [1.54, 1.807) is 0 Å². The third kappa shape index (κ3) is 4.21. The average Bonchev–Trinajstić information content (AvgIpc) is 2.81. The van der Waals surface area contributed by atoms with Crippen LogP contribution in [-0.4, -0.2) is 11.8 Å². The summed E-state index contributed by atoms with van der Waals surface area (Å²) in [5.74, 6) is 0.240. The van der Waals surface area contributed by atoms with E-state index in [0.29, 0.717) is 6.54 Å². The van der Waals surface area contributed by atoms with E-state index in [1.807, 2.05) is 50.2 Å². The lowest BCUT2D eigenvalue weighted by Gasteiger charge is -2.06. The van der Waals surface area contributed by atoms with E-state index in [4.69, 9.17) is 4.42 Å². The van der Waals surface area contributed by atoms with Gasteiger partial charge < -0.3 is 15.1 Å². The van der Waals surface area contributed by atoms with Gasteiger partial charge in [0, 0.05) is 18.7 Å². The second-order valence-electron chi connectivity index (χ2n) is 4.79. The SMILES string of the molecule is Cc1cc(CNC(=O)C(=O)NCc2ccccc2)c(C)o1. The Bertz CT molecular complexity index is 632. The molecule has 0 bridgehead atoms. The minimum absolute atomic E-state index is 0.279. The molecule has 2 aromatic rings. The summed E-state index contributed by atoms with van der Waals surface area (Å²) in [6.45, 7) is 4.27. The highest BCUT2D eigenvalue weighted by atomic mass is 16.3. The highest BCUT2D eigenvalue weighted by molar-refractivity contribution is 6.35. The van der Waals surface area contributed by atoms with Crippen LogP contribution in [0.4, 0.5) is 0 Å². The third-order valence-electron chi connectivity index (χ3n) is 3.09. The summed E-state index contributed by atoms with van der Waals surface area (Å²) >= 11 is 0. The summed E-state index contributed by atoms with van der Waals surface area (Å²) in [6, 6.07) is 11.3. The molecule has 0 saturated heterocycles.